The highest BCUT2D eigenvalue weighted by molar-refractivity contribution is 6.63. The molecule has 71 heavy (non-hydrogen) atoms. The molecule has 1 aliphatic carbocycles. The Kier molecular flexibility index (Phi) is 10.4. The smallest absolute Gasteiger partial charge is 0.399 e. The zero-order valence-corrected chi connectivity index (χ0v) is 42.5. The van der Waals surface area contributed by atoms with Gasteiger partial charge in [0.15, 0.2) is 0 Å². The van der Waals surface area contributed by atoms with Crippen molar-refractivity contribution in [3.8, 4) is 39.1 Å². The molecule has 0 spiro atoms. The van der Waals surface area contributed by atoms with Crippen molar-refractivity contribution in [3.05, 3.63) is 193 Å². The topological polar surface area (TPSA) is 45.1 Å². The molecule has 6 nitrogen and oxygen atoms in total. The Labute approximate surface area is 419 Å². The number of para-hydroxylation sites is 1. The summed E-state index contributed by atoms with van der Waals surface area (Å²) < 4.78 is 28.6. The Bertz CT molecular complexity index is 3410. The van der Waals surface area contributed by atoms with Crippen LogP contribution >= 0.6 is 0 Å². The molecular formula is C63H60B2N2O4. The number of aromatic nitrogens is 1. The van der Waals surface area contributed by atoms with E-state index in [-0.39, 0.29) is 5.41 Å². The van der Waals surface area contributed by atoms with Gasteiger partial charge in [0, 0.05) is 38.8 Å². The van der Waals surface area contributed by atoms with E-state index in [1.165, 1.54) is 33.4 Å². The Balaban J connectivity index is 0.920. The van der Waals surface area contributed by atoms with Crippen molar-refractivity contribution in [3.63, 3.8) is 0 Å². The monoisotopic (exact) mass is 930 g/mol. The summed E-state index contributed by atoms with van der Waals surface area (Å²) in [6.07, 6.45) is 0. The third-order valence-electron chi connectivity index (χ3n) is 16.5. The molecule has 0 radical (unpaired) electrons. The van der Waals surface area contributed by atoms with E-state index in [0.717, 1.165) is 66.6 Å². The van der Waals surface area contributed by atoms with E-state index < -0.39 is 36.6 Å². The molecular weight excluding hydrogens is 870 g/mol. The van der Waals surface area contributed by atoms with Gasteiger partial charge in [0.1, 0.15) is 0 Å². The third-order valence-corrected chi connectivity index (χ3v) is 16.5. The minimum absolute atomic E-state index is 0.129. The van der Waals surface area contributed by atoms with Crippen molar-refractivity contribution in [2.24, 2.45) is 0 Å². The summed E-state index contributed by atoms with van der Waals surface area (Å²) >= 11 is 0. The van der Waals surface area contributed by atoms with Crippen LogP contribution in [0.25, 0.3) is 60.9 Å². The van der Waals surface area contributed by atoms with Gasteiger partial charge in [0.05, 0.1) is 39.1 Å². The highest BCUT2D eigenvalue weighted by Gasteiger charge is 2.53. The lowest BCUT2D eigenvalue weighted by Gasteiger charge is -2.32. The van der Waals surface area contributed by atoms with E-state index in [4.69, 9.17) is 18.6 Å². The van der Waals surface area contributed by atoms with Crippen LogP contribution in [0.1, 0.15) is 80.4 Å². The van der Waals surface area contributed by atoms with E-state index in [2.05, 4.69) is 261 Å². The van der Waals surface area contributed by atoms with Crippen LogP contribution in [0.2, 0.25) is 0 Å². The molecule has 3 aliphatic rings. The number of nitrogens with zero attached hydrogens (tertiary/aromatic N) is 2. The van der Waals surface area contributed by atoms with E-state index >= 15 is 0 Å². The van der Waals surface area contributed by atoms with Gasteiger partial charge in [0.2, 0.25) is 0 Å². The molecule has 2 fully saturated rings. The molecule has 0 amide bonds. The van der Waals surface area contributed by atoms with Crippen LogP contribution in [0.4, 0.5) is 17.1 Å². The summed E-state index contributed by atoms with van der Waals surface area (Å²) in [5, 5.41) is 2.22. The molecule has 2 saturated heterocycles. The van der Waals surface area contributed by atoms with Crippen LogP contribution in [0, 0.1) is 0 Å². The van der Waals surface area contributed by atoms with Crippen molar-refractivity contribution in [1.82, 2.24) is 4.57 Å². The molecule has 0 saturated carbocycles. The first kappa shape index (κ1) is 45.5. The SMILES string of the molecule is CC1(C)c2ccccc2-c2ccc(N(c3ccc(-c4ccc(-n5c6ccc(B7OC(C)(C)C(C)(C)O7)cc6c6cc(B7OC(C)(C)C(C)(C)O7)ccc65)cc4)cc3)c3ccccc3-c3ccccc3)cc21. The number of rotatable bonds is 8. The number of fused-ring (bicyclic) bond motifs is 6. The van der Waals surface area contributed by atoms with Crippen LogP contribution in [0.5, 0.6) is 0 Å². The van der Waals surface area contributed by atoms with E-state index in [1.54, 1.807) is 0 Å². The molecule has 12 rings (SSSR count). The van der Waals surface area contributed by atoms with Crippen LogP contribution in [-0.2, 0) is 24.0 Å². The summed E-state index contributed by atoms with van der Waals surface area (Å²) in [6.45, 7) is 21.5. The number of benzene rings is 8. The lowest BCUT2D eigenvalue weighted by molar-refractivity contribution is 0.00578. The minimum Gasteiger partial charge on any atom is -0.399 e. The maximum atomic E-state index is 6.56. The van der Waals surface area contributed by atoms with Gasteiger partial charge in [-0.1, -0.05) is 141 Å². The zero-order chi connectivity index (χ0) is 49.2. The highest BCUT2D eigenvalue weighted by atomic mass is 16.7. The summed E-state index contributed by atoms with van der Waals surface area (Å²) in [5.74, 6) is 0. The summed E-state index contributed by atoms with van der Waals surface area (Å²) in [4.78, 5) is 2.42. The quantitative estimate of drug-likeness (QED) is 0.142. The van der Waals surface area contributed by atoms with Crippen molar-refractivity contribution in [1.29, 1.82) is 0 Å². The zero-order valence-electron chi connectivity index (χ0n) is 42.5. The Morgan fingerprint density at radius 3 is 1.41 bits per heavy atom. The lowest BCUT2D eigenvalue weighted by atomic mass is 9.77. The first-order valence-electron chi connectivity index (χ1n) is 25.1. The molecule has 8 heteroatoms. The average molecular weight is 931 g/mol. The first-order valence-corrected chi connectivity index (χ1v) is 25.1. The van der Waals surface area contributed by atoms with Crippen molar-refractivity contribution < 1.29 is 18.6 Å². The van der Waals surface area contributed by atoms with Gasteiger partial charge in [-0.25, -0.2) is 0 Å². The van der Waals surface area contributed by atoms with E-state index in [0.29, 0.717) is 0 Å². The Hall–Kier alpha value is -6.67. The largest absolute Gasteiger partial charge is 0.494 e. The van der Waals surface area contributed by atoms with Gasteiger partial charge in [-0.15, -0.1) is 0 Å². The maximum absolute atomic E-state index is 6.56. The Morgan fingerprint density at radius 2 is 0.845 bits per heavy atom. The first-order chi connectivity index (χ1) is 33.9. The molecule has 0 N–H and O–H groups in total. The third kappa shape index (κ3) is 7.33. The maximum Gasteiger partial charge on any atom is 0.494 e. The summed E-state index contributed by atoms with van der Waals surface area (Å²) in [6, 6.07) is 66.5. The molecule has 352 valence electrons. The molecule has 1 aromatic heterocycles. The highest BCUT2D eigenvalue weighted by Crippen LogP contribution is 2.51. The summed E-state index contributed by atoms with van der Waals surface area (Å²) in [7, 11) is -0.965. The molecule has 0 bridgehead atoms. The number of hydrogen-bond acceptors (Lipinski definition) is 5. The average Bonchev–Trinajstić information content (AvgIpc) is 3.97. The standard InChI is InChI=1S/C63H60B2N2O4/c1-59(2)54-22-16-14-21-50(54)51-35-34-48(40-55(51)59)66(56-23-17-15-20-49(56)43-18-12-11-13-19-43)46-30-24-41(25-31-46)42-26-32-47(33-27-42)67-57-36-28-44(64-68-60(3,4)61(5,6)69-64)38-52(57)53-39-45(29-37-58(53)67)65-70-62(7,8)63(9,10)71-65/h11-40H,1-10H3. The number of anilines is 3. The van der Waals surface area contributed by atoms with Gasteiger partial charge in [-0.2, -0.15) is 0 Å². The second-order valence-corrected chi connectivity index (χ2v) is 22.3. The molecule has 2 aliphatic heterocycles. The minimum atomic E-state index is -0.483. The van der Waals surface area contributed by atoms with Crippen LogP contribution in [0.3, 0.4) is 0 Å². The molecule has 8 aromatic carbocycles. The molecule has 9 aromatic rings. The number of hydrogen-bond donors (Lipinski definition) is 0. The fourth-order valence-electron chi connectivity index (χ4n) is 11.0. The van der Waals surface area contributed by atoms with Gasteiger partial charge in [-0.3, -0.25) is 0 Å². The van der Waals surface area contributed by atoms with E-state index in [9.17, 15) is 0 Å². The van der Waals surface area contributed by atoms with Crippen LogP contribution < -0.4 is 15.8 Å². The van der Waals surface area contributed by atoms with Gasteiger partial charge < -0.3 is 28.1 Å². The second kappa shape index (κ2) is 16.2. The normalized spacial score (nSPS) is 18.0. The van der Waals surface area contributed by atoms with Crippen LogP contribution in [-0.4, -0.2) is 41.2 Å². The predicted octanol–water partition coefficient (Wildman–Crippen LogP) is 14.5. The van der Waals surface area contributed by atoms with Gasteiger partial charge in [-0.05, 0) is 160 Å². The second-order valence-electron chi connectivity index (χ2n) is 22.3. The van der Waals surface area contributed by atoms with Crippen LogP contribution in [0.15, 0.2) is 182 Å². The molecule has 3 heterocycles. The molecule has 0 unspecified atom stereocenters. The summed E-state index contributed by atoms with van der Waals surface area (Å²) in [5.41, 5.74) is 16.6. The Morgan fingerprint density at radius 1 is 0.380 bits per heavy atom. The van der Waals surface area contributed by atoms with Crippen molar-refractivity contribution in [2.45, 2.75) is 97.1 Å². The molecule has 0 atom stereocenters. The van der Waals surface area contributed by atoms with Gasteiger partial charge in [0.25, 0.3) is 0 Å². The van der Waals surface area contributed by atoms with Crippen molar-refractivity contribution in [2.75, 3.05) is 4.90 Å². The fourth-order valence-corrected chi connectivity index (χ4v) is 11.0. The van der Waals surface area contributed by atoms with E-state index in [1.807, 2.05) is 0 Å². The fraction of sp³-hybridized carbons (Fsp3) is 0.238. The predicted molar refractivity (Wildman–Crippen MR) is 295 cm³/mol. The van der Waals surface area contributed by atoms with Gasteiger partial charge >= 0.3 is 14.2 Å². The lowest BCUT2D eigenvalue weighted by Crippen LogP contribution is -2.41. The van der Waals surface area contributed by atoms with Crippen molar-refractivity contribution >= 4 is 64.0 Å².